The average molecular weight is 495 g/mol. The summed E-state index contributed by atoms with van der Waals surface area (Å²) in [4.78, 5) is 19.8. The molecule has 4 aromatic rings. The Balaban J connectivity index is 1.54. The fourth-order valence-corrected chi connectivity index (χ4v) is 4.60. The minimum absolute atomic E-state index is 0.143. The number of hydrogen-bond donors (Lipinski definition) is 1. The van der Waals surface area contributed by atoms with Crippen LogP contribution in [-0.2, 0) is 6.42 Å². The Labute approximate surface area is 216 Å². The number of carbonyl (C=O) groups excluding carboxylic acids is 1. The van der Waals surface area contributed by atoms with E-state index in [0.717, 1.165) is 40.1 Å². The monoisotopic (exact) mass is 494 g/mol. The van der Waals surface area contributed by atoms with Gasteiger partial charge < -0.3 is 14.6 Å². The summed E-state index contributed by atoms with van der Waals surface area (Å²) < 4.78 is 11.1. The number of ether oxygens (including phenoxy) is 1. The number of urea groups is 1. The third-order valence-electron chi connectivity index (χ3n) is 6.93. The first-order valence-corrected chi connectivity index (χ1v) is 12.3. The second kappa shape index (κ2) is 10.3. The van der Waals surface area contributed by atoms with Gasteiger partial charge in [-0.05, 0) is 73.7 Å². The van der Waals surface area contributed by atoms with Crippen molar-refractivity contribution in [1.82, 2.24) is 20.4 Å². The van der Waals surface area contributed by atoms with Crippen LogP contribution in [0, 0.1) is 13.8 Å². The molecule has 7 heteroatoms. The van der Waals surface area contributed by atoms with E-state index in [9.17, 15) is 4.79 Å². The van der Waals surface area contributed by atoms with E-state index in [4.69, 9.17) is 14.2 Å². The van der Waals surface area contributed by atoms with E-state index in [0.29, 0.717) is 18.3 Å². The van der Waals surface area contributed by atoms with Crippen molar-refractivity contribution in [1.29, 1.82) is 0 Å². The lowest BCUT2D eigenvalue weighted by Gasteiger charge is -2.35. The summed E-state index contributed by atoms with van der Waals surface area (Å²) in [5.41, 5.74) is 6.89. The van der Waals surface area contributed by atoms with E-state index in [1.807, 2.05) is 55.5 Å². The van der Waals surface area contributed by atoms with Crippen LogP contribution in [0.25, 0.3) is 17.0 Å². The zero-order chi connectivity index (χ0) is 25.9. The molecule has 2 heterocycles. The molecular weight excluding hydrogens is 464 g/mol. The molecule has 0 saturated carbocycles. The summed E-state index contributed by atoms with van der Waals surface area (Å²) >= 11 is 0. The smallest absolute Gasteiger partial charge is 0.322 e. The highest BCUT2D eigenvalue weighted by Gasteiger charge is 2.35. The molecule has 1 unspecified atom stereocenters. The zero-order valence-corrected chi connectivity index (χ0v) is 21.5. The maximum Gasteiger partial charge on any atom is 0.322 e. The molecule has 1 aliphatic heterocycles. The van der Waals surface area contributed by atoms with Crippen molar-refractivity contribution in [3.05, 3.63) is 107 Å². The van der Waals surface area contributed by atoms with Gasteiger partial charge in [-0.15, -0.1) is 0 Å². The highest BCUT2D eigenvalue weighted by atomic mass is 16.5. The fourth-order valence-electron chi connectivity index (χ4n) is 4.60. The van der Waals surface area contributed by atoms with Gasteiger partial charge in [0.2, 0.25) is 5.82 Å². The Bertz CT molecular complexity index is 1440. The van der Waals surface area contributed by atoms with Gasteiger partial charge in [-0.3, -0.25) is 4.90 Å². The van der Waals surface area contributed by atoms with Crippen molar-refractivity contribution in [2.75, 3.05) is 13.7 Å². The molecule has 0 aliphatic carbocycles. The highest BCUT2D eigenvalue weighted by molar-refractivity contribution is 5.87. The van der Waals surface area contributed by atoms with Crippen molar-refractivity contribution in [3.63, 3.8) is 0 Å². The summed E-state index contributed by atoms with van der Waals surface area (Å²) in [5.74, 6) is 1.62. The molecular formula is C30H30N4O3. The van der Waals surface area contributed by atoms with Gasteiger partial charge in [-0.2, -0.15) is 4.98 Å². The lowest BCUT2D eigenvalue weighted by atomic mass is 9.92. The Kier molecular flexibility index (Phi) is 6.77. The van der Waals surface area contributed by atoms with Crippen LogP contribution in [-0.4, -0.2) is 34.7 Å². The summed E-state index contributed by atoms with van der Waals surface area (Å²) in [6.45, 7) is 6.63. The van der Waals surface area contributed by atoms with E-state index >= 15 is 0 Å². The first-order chi connectivity index (χ1) is 17.9. The maximum atomic E-state index is 13.3. The van der Waals surface area contributed by atoms with E-state index in [-0.39, 0.29) is 6.03 Å². The number of allylic oxidation sites excluding steroid dienone is 1. The van der Waals surface area contributed by atoms with Crippen molar-refractivity contribution < 1.29 is 14.1 Å². The largest absolute Gasteiger partial charge is 0.497 e. The molecule has 5 rings (SSSR count). The normalized spacial score (nSPS) is 15.6. The quantitative estimate of drug-likeness (QED) is 0.336. The third-order valence-corrected chi connectivity index (χ3v) is 6.93. The Morgan fingerprint density at radius 2 is 1.73 bits per heavy atom. The number of carbonyl (C=O) groups is 1. The van der Waals surface area contributed by atoms with Crippen LogP contribution >= 0.6 is 0 Å². The second-order valence-corrected chi connectivity index (χ2v) is 9.26. The lowest BCUT2D eigenvalue weighted by molar-refractivity contribution is 0.205. The summed E-state index contributed by atoms with van der Waals surface area (Å²) in [6.07, 6.45) is 0.730. The molecule has 188 valence electrons. The van der Waals surface area contributed by atoms with Crippen LogP contribution in [0.15, 0.2) is 83.0 Å². The summed E-state index contributed by atoms with van der Waals surface area (Å²) in [6, 6.07) is 23.3. The molecule has 1 aromatic heterocycles. The van der Waals surface area contributed by atoms with Crippen molar-refractivity contribution in [2.24, 2.45) is 0 Å². The van der Waals surface area contributed by atoms with Crippen molar-refractivity contribution in [3.8, 4) is 17.1 Å². The van der Waals surface area contributed by atoms with Crippen molar-refractivity contribution >= 4 is 11.6 Å². The number of hydrogen-bond acceptors (Lipinski definition) is 5. The predicted molar refractivity (Wildman–Crippen MR) is 143 cm³/mol. The van der Waals surface area contributed by atoms with Crippen LogP contribution in [0.2, 0.25) is 0 Å². The first kappa shape index (κ1) is 24.3. The second-order valence-electron chi connectivity index (χ2n) is 9.26. The van der Waals surface area contributed by atoms with Gasteiger partial charge >= 0.3 is 6.03 Å². The Hall–Kier alpha value is -4.39. The number of nitrogens with zero attached hydrogens (tertiary/aromatic N) is 3. The van der Waals surface area contributed by atoms with Crippen molar-refractivity contribution in [2.45, 2.75) is 33.2 Å². The van der Waals surface area contributed by atoms with E-state index in [1.54, 1.807) is 12.0 Å². The van der Waals surface area contributed by atoms with Gasteiger partial charge in [0.25, 0.3) is 5.89 Å². The van der Waals surface area contributed by atoms with E-state index in [2.05, 4.69) is 48.6 Å². The molecule has 2 amide bonds. The third kappa shape index (κ3) is 4.98. The molecule has 0 spiro atoms. The molecule has 0 fully saturated rings. The minimum atomic E-state index is -0.413. The number of nitrogens with one attached hydrogen (secondary N) is 1. The van der Waals surface area contributed by atoms with E-state index < -0.39 is 6.04 Å². The predicted octanol–water partition coefficient (Wildman–Crippen LogP) is 6.10. The number of aryl methyl sites for hydroxylation is 2. The maximum absolute atomic E-state index is 13.3. The Morgan fingerprint density at radius 3 is 2.43 bits per heavy atom. The minimum Gasteiger partial charge on any atom is -0.497 e. The van der Waals surface area contributed by atoms with Crippen LogP contribution in [0.1, 0.15) is 41.1 Å². The highest BCUT2D eigenvalue weighted by Crippen LogP contribution is 2.38. The molecule has 0 saturated heterocycles. The van der Waals surface area contributed by atoms with Gasteiger partial charge in [0.05, 0.1) is 18.7 Å². The molecule has 0 bridgehead atoms. The molecule has 1 N–H and O–H groups in total. The lowest BCUT2D eigenvalue weighted by Crippen LogP contribution is -2.46. The van der Waals surface area contributed by atoms with E-state index in [1.165, 1.54) is 11.1 Å². The topological polar surface area (TPSA) is 80.5 Å². The molecule has 37 heavy (non-hydrogen) atoms. The summed E-state index contributed by atoms with van der Waals surface area (Å²) in [5, 5.41) is 7.45. The van der Waals surface area contributed by atoms with Crippen LogP contribution in [0.3, 0.4) is 0 Å². The molecule has 1 atom stereocenters. The molecule has 0 radical (unpaired) electrons. The van der Waals surface area contributed by atoms with Crippen LogP contribution in [0.4, 0.5) is 4.79 Å². The van der Waals surface area contributed by atoms with Gasteiger partial charge in [0, 0.05) is 17.8 Å². The van der Waals surface area contributed by atoms with Gasteiger partial charge in [-0.1, -0.05) is 53.7 Å². The van der Waals surface area contributed by atoms with Gasteiger partial charge in [0.1, 0.15) is 5.75 Å². The van der Waals surface area contributed by atoms with Crippen LogP contribution < -0.4 is 10.1 Å². The molecule has 7 nitrogen and oxygen atoms in total. The molecule has 1 aliphatic rings. The van der Waals surface area contributed by atoms with Gasteiger partial charge in [-0.25, -0.2) is 4.79 Å². The SMILES string of the molecule is COc1ccc(-c2noc(C3=C(C)N(CCc4ccccc4)C(=O)NC3c3ccc(C)c(C)c3)n2)cc1. The number of aromatic nitrogens is 2. The number of benzene rings is 3. The zero-order valence-electron chi connectivity index (χ0n) is 21.5. The average Bonchev–Trinajstić information content (AvgIpc) is 3.40. The number of amides is 2. The number of methoxy groups -OCH3 is 1. The van der Waals surface area contributed by atoms with Gasteiger partial charge in [0.15, 0.2) is 0 Å². The molecule has 3 aromatic carbocycles. The number of rotatable bonds is 7. The van der Waals surface area contributed by atoms with Crippen LogP contribution in [0.5, 0.6) is 5.75 Å². The standard InChI is InChI=1S/C30H30N4O3/c1-19-10-11-24(18-20(19)2)27-26(29-32-28(33-37-29)23-12-14-25(36-4)15-13-23)21(3)34(30(35)31-27)17-16-22-8-6-5-7-9-22/h5-15,18,27H,16-17H2,1-4H3,(H,31,35). The fraction of sp³-hybridized carbons (Fsp3) is 0.233. The Morgan fingerprint density at radius 1 is 0.973 bits per heavy atom. The first-order valence-electron chi connectivity index (χ1n) is 12.3. The summed E-state index contributed by atoms with van der Waals surface area (Å²) in [7, 11) is 1.63.